The Labute approximate surface area is 129 Å². The number of amidine groups is 1. The van der Waals surface area contributed by atoms with Crippen molar-refractivity contribution in [3.05, 3.63) is 64.2 Å². The number of rotatable bonds is 4. The summed E-state index contributed by atoms with van der Waals surface area (Å²) in [5.41, 5.74) is 9.59. The summed E-state index contributed by atoms with van der Waals surface area (Å²) in [4.78, 5) is 2.02. The first kappa shape index (κ1) is 15.2. The maximum atomic E-state index is 8.90. The predicted molar refractivity (Wildman–Crippen MR) is 87.2 cm³/mol. The lowest BCUT2D eigenvalue weighted by Crippen LogP contribution is -2.22. The third-order valence-corrected chi connectivity index (χ3v) is 3.53. The molecule has 110 valence electrons. The van der Waals surface area contributed by atoms with E-state index >= 15 is 0 Å². The lowest BCUT2D eigenvalue weighted by molar-refractivity contribution is 0.318. The Morgan fingerprint density at radius 2 is 1.90 bits per heavy atom. The van der Waals surface area contributed by atoms with Crippen LogP contribution in [0.4, 0.5) is 5.69 Å². The van der Waals surface area contributed by atoms with E-state index in [4.69, 9.17) is 22.5 Å². The molecule has 0 fully saturated rings. The van der Waals surface area contributed by atoms with E-state index in [2.05, 4.69) is 36.3 Å². The summed E-state index contributed by atoms with van der Waals surface area (Å²) in [6, 6.07) is 13.6. The fraction of sp³-hybridized carbons (Fsp3) is 0.188. The summed E-state index contributed by atoms with van der Waals surface area (Å²) in [6.45, 7) is 2.76. The zero-order valence-corrected chi connectivity index (χ0v) is 12.8. The minimum atomic E-state index is 0.0671. The van der Waals surface area contributed by atoms with E-state index in [0.717, 1.165) is 5.69 Å². The first-order chi connectivity index (χ1) is 10.0. The van der Waals surface area contributed by atoms with Gasteiger partial charge in [-0.2, -0.15) is 0 Å². The normalized spacial score (nSPS) is 11.5. The van der Waals surface area contributed by atoms with Crippen LogP contribution < -0.4 is 10.6 Å². The molecule has 0 radical (unpaired) electrons. The van der Waals surface area contributed by atoms with Crippen molar-refractivity contribution in [2.75, 3.05) is 11.9 Å². The number of nitrogens with zero attached hydrogens (tertiary/aromatic N) is 2. The van der Waals surface area contributed by atoms with E-state index in [0.29, 0.717) is 17.1 Å². The van der Waals surface area contributed by atoms with Gasteiger partial charge in [-0.3, -0.25) is 0 Å². The molecule has 0 aliphatic rings. The Morgan fingerprint density at radius 3 is 2.52 bits per heavy atom. The van der Waals surface area contributed by atoms with E-state index in [-0.39, 0.29) is 5.84 Å². The number of oxime groups is 1. The second-order valence-corrected chi connectivity index (χ2v) is 5.42. The van der Waals surface area contributed by atoms with Crippen molar-refractivity contribution in [3.8, 4) is 0 Å². The quantitative estimate of drug-likeness (QED) is 0.394. The molecule has 0 spiro atoms. The lowest BCUT2D eigenvalue weighted by Gasteiger charge is -2.22. The van der Waals surface area contributed by atoms with Gasteiger partial charge in [-0.05, 0) is 30.7 Å². The molecule has 0 aromatic heterocycles. The molecule has 2 aromatic carbocycles. The zero-order chi connectivity index (χ0) is 15.4. The van der Waals surface area contributed by atoms with Crippen molar-refractivity contribution >= 4 is 23.1 Å². The second kappa shape index (κ2) is 6.50. The second-order valence-electron chi connectivity index (χ2n) is 4.99. The highest BCUT2D eigenvalue weighted by molar-refractivity contribution is 6.31. The number of benzene rings is 2. The van der Waals surface area contributed by atoms with Gasteiger partial charge in [0.05, 0.1) is 0 Å². The van der Waals surface area contributed by atoms with Crippen LogP contribution in [0.1, 0.15) is 16.7 Å². The Morgan fingerprint density at radius 1 is 1.24 bits per heavy atom. The van der Waals surface area contributed by atoms with Crippen LogP contribution in [0.3, 0.4) is 0 Å². The molecule has 0 heterocycles. The van der Waals surface area contributed by atoms with Crippen LogP contribution in [0.2, 0.25) is 5.02 Å². The summed E-state index contributed by atoms with van der Waals surface area (Å²) < 4.78 is 0. The van der Waals surface area contributed by atoms with Gasteiger partial charge in [-0.25, -0.2) is 0 Å². The summed E-state index contributed by atoms with van der Waals surface area (Å²) in [5.74, 6) is 0.0671. The highest BCUT2D eigenvalue weighted by Crippen LogP contribution is 2.25. The first-order valence-electron chi connectivity index (χ1n) is 6.55. The fourth-order valence-electron chi connectivity index (χ4n) is 2.14. The monoisotopic (exact) mass is 303 g/mol. The van der Waals surface area contributed by atoms with Gasteiger partial charge in [-0.15, -0.1) is 0 Å². The van der Waals surface area contributed by atoms with E-state index < -0.39 is 0 Å². The van der Waals surface area contributed by atoms with E-state index in [1.54, 1.807) is 12.1 Å². The van der Waals surface area contributed by atoms with Crippen molar-refractivity contribution in [3.63, 3.8) is 0 Å². The topological polar surface area (TPSA) is 61.8 Å². The minimum absolute atomic E-state index is 0.0671. The van der Waals surface area contributed by atoms with Crippen LogP contribution in [-0.2, 0) is 6.54 Å². The molecule has 5 heteroatoms. The maximum Gasteiger partial charge on any atom is 0.172 e. The van der Waals surface area contributed by atoms with Crippen molar-refractivity contribution in [2.24, 2.45) is 10.9 Å². The Kier molecular flexibility index (Phi) is 4.70. The number of nitrogens with two attached hydrogens (primary N) is 1. The standard InChI is InChI=1S/C16H18ClN3O/c1-11-3-5-12(6-4-11)10-20(2)15-9-13(17)7-8-14(15)16(18)19-21/h3-9,21H,10H2,1-2H3,(H2,18,19). The van der Waals surface area contributed by atoms with Crippen LogP contribution in [-0.4, -0.2) is 18.1 Å². The van der Waals surface area contributed by atoms with Gasteiger partial charge in [-0.1, -0.05) is 46.6 Å². The van der Waals surface area contributed by atoms with Crippen molar-refractivity contribution < 1.29 is 5.21 Å². The third-order valence-electron chi connectivity index (χ3n) is 3.30. The average molecular weight is 304 g/mol. The number of halogens is 1. The predicted octanol–water partition coefficient (Wildman–Crippen LogP) is 3.38. The largest absolute Gasteiger partial charge is 0.409 e. The van der Waals surface area contributed by atoms with Crippen molar-refractivity contribution in [2.45, 2.75) is 13.5 Å². The van der Waals surface area contributed by atoms with Gasteiger partial charge in [0.15, 0.2) is 5.84 Å². The molecule has 0 aliphatic carbocycles. The van der Waals surface area contributed by atoms with Gasteiger partial charge in [0.1, 0.15) is 0 Å². The Bertz CT molecular complexity index is 653. The molecule has 0 saturated heterocycles. The summed E-state index contributed by atoms with van der Waals surface area (Å²) in [6.07, 6.45) is 0. The Hall–Kier alpha value is -2.20. The fourth-order valence-corrected chi connectivity index (χ4v) is 2.31. The van der Waals surface area contributed by atoms with E-state index in [1.807, 2.05) is 18.0 Å². The van der Waals surface area contributed by atoms with Gasteiger partial charge in [0, 0.05) is 29.9 Å². The Balaban J connectivity index is 2.31. The lowest BCUT2D eigenvalue weighted by atomic mass is 10.1. The molecule has 0 unspecified atom stereocenters. The minimum Gasteiger partial charge on any atom is -0.409 e. The van der Waals surface area contributed by atoms with Gasteiger partial charge < -0.3 is 15.8 Å². The van der Waals surface area contributed by atoms with Crippen LogP contribution in [0, 0.1) is 6.92 Å². The smallest absolute Gasteiger partial charge is 0.172 e. The molecule has 0 bridgehead atoms. The third kappa shape index (κ3) is 3.67. The first-order valence-corrected chi connectivity index (χ1v) is 6.93. The molecule has 4 nitrogen and oxygen atoms in total. The summed E-state index contributed by atoms with van der Waals surface area (Å²) in [7, 11) is 1.94. The van der Waals surface area contributed by atoms with Gasteiger partial charge >= 0.3 is 0 Å². The van der Waals surface area contributed by atoms with Crippen LogP contribution in [0.5, 0.6) is 0 Å². The molecular formula is C16H18ClN3O. The molecule has 0 aliphatic heterocycles. The van der Waals surface area contributed by atoms with Crippen molar-refractivity contribution in [1.82, 2.24) is 0 Å². The maximum absolute atomic E-state index is 8.90. The van der Waals surface area contributed by atoms with Crippen LogP contribution in [0.25, 0.3) is 0 Å². The van der Waals surface area contributed by atoms with E-state index in [1.165, 1.54) is 11.1 Å². The summed E-state index contributed by atoms with van der Waals surface area (Å²) in [5, 5.41) is 12.6. The number of aryl methyl sites for hydroxylation is 1. The highest BCUT2D eigenvalue weighted by Gasteiger charge is 2.12. The number of hydrogen-bond acceptors (Lipinski definition) is 3. The molecule has 2 aromatic rings. The van der Waals surface area contributed by atoms with Gasteiger partial charge in [0.25, 0.3) is 0 Å². The highest BCUT2D eigenvalue weighted by atomic mass is 35.5. The van der Waals surface area contributed by atoms with Crippen molar-refractivity contribution in [1.29, 1.82) is 0 Å². The molecule has 3 N–H and O–H groups in total. The molecule has 21 heavy (non-hydrogen) atoms. The zero-order valence-electron chi connectivity index (χ0n) is 12.0. The van der Waals surface area contributed by atoms with Crippen LogP contribution in [0.15, 0.2) is 47.6 Å². The summed E-state index contributed by atoms with van der Waals surface area (Å²) >= 11 is 6.06. The SMILES string of the molecule is Cc1ccc(CN(C)c2cc(Cl)ccc2C(N)=NO)cc1. The van der Waals surface area contributed by atoms with Gasteiger partial charge in [0.2, 0.25) is 0 Å². The molecule has 0 atom stereocenters. The van der Waals surface area contributed by atoms with E-state index in [9.17, 15) is 0 Å². The van der Waals surface area contributed by atoms with Crippen LogP contribution >= 0.6 is 11.6 Å². The number of hydrogen-bond donors (Lipinski definition) is 2. The average Bonchev–Trinajstić information content (AvgIpc) is 2.48. The number of anilines is 1. The molecule has 2 rings (SSSR count). The molecule has 0 amide bonds. The molecular weight excluding hydrogens is 286 g/mol. The molecule has 0 saturated carbocycles.